The molecule has 0 aliphatic heterocycles. The van der Waals surface area contributed by atoms with E-state index in [1.807, 2.05) is 0 Å². The summed E-state index contributed by atoms with van der Waals surface area (Å²) in [6.45, 7) is 21.4. The lowest BCUT2D eigenvalue weighted by Crippen LogP contribution is -2.65. The molecule has 5 fully saturated rings. The van der Waals surface area contributed by atoms with E-state index in [1.54, 1.807) is 12.8 Å². The highest BCUT2D eigenvalue weighted by Gasteiger charge is 2.70. The van der Waals surface area contributed by atoms with Crippen LogP contribution in [-0.2, 0) is 0 Å². The van der Waals surface area contributed by atoms with E-state index in [0.717, 1.165) is 35.5 Å². The third kappa shape index (κ3) is 2.86. The zero-order valence-electron chi connectivity index (χ0n) is 23.2. The van der Waals surface area contributed by atoms with Crippen molar-refractivity contribution in [2.24, 2.45) is 62.6 Å². The second kappa shape index (κ2) is 7.50. The molecule has 0 radical (unpaired) electrons. The van der Waals surface area contributed by atoms with Gasteiger partial charge >= 0.3 is 0 Å². The number of hydrogen-bond donors (Lipinski definition) is 0. The van der Waals surface area contributed by atoms with E-state index >= 15 is 0 Å². The standard InChI is InChI=1S/C32H56/c1-9-22(10-2)23-14-19-29(5)24(23)15-20-31(7)26(29)12-13-27-30(6)18-11-17-28(3,4)25(30)16-21-32(27,31)8/h22-27H,9-21H2,1-8H3/t23-,24+,25-,26+,27+,29-,30-,31+,32+/m0/s1. The molecule has 32 heavy (non-hydrogen) atoms. The maximum Gasteiger partial charge on any atom is -0.0235 e. The highest BCUT2D eigenvalue weighted by atomic mass is 14.7. The van der Waals surface area contributed by atoms with Crippen molar-refractivity contribution in [1.82, 2.24) is 0 Å². The maximum atomic E-state index is 2.83. The molecular weight excluding hydrogens is 384 g/mol. The average molecular weight is 441 g/mol. The molecule has 0 aromatic heterocycles. The Morgan fingerprint density at radius 1 is 0.594 bits per heavy atom. The molecule has 0 amide bonds. The topological polar surface area (TPSA) is 0 Å². The van der Waals surface area contributed by atoms with Gasteiger partial charge in [-0.05, 0) is 127 Å². The van der Waals surface area contributed by atoms with Gasteiger partial charge in [0.2, 0.25) is 0 Å². The van der Waals surface area contributed by atoms with E-state index in [9.17, 15) is 0 Å². The summed E-state index contributed by atoms with van der Waals surface area (Å²) >= 11 is 0. The molecule has 5 saturated carbocycles. The fourth-order valence-corrected chi connectivity index (χ4v) is 12.8. The SMILES string of the molecule is CCC(CC)[C@@H]1CC[C@@]2(C)[C@@H]1CC[C@]1(C)[C@@H]2CC[C@@H]2[C@@]3(C)CCCC(C)(C)[C@@H]3CC[C@]21C. The first-order chi connectivity index (χ1) is 15.0. The molecule has 0 N–H and O–H groups in total. The van der Waals surface area contributed by atoms with Gasteiger partial charge in [0.15, 0.2) is 0 Å². The lowest BCUT2D eigenvalue weighted by molar-refractivity contribution is -0.241. The van der Waals surface area contributed by atoms with Gasteiger partial charge in [-0.2, -0.15) is 0 Å². The molecule has 0 unspecified atom stereocenters. The third-order valence-electron chi connectivity index (χ3n) is 14.4. The molecule has 0 saturated heterocycles. The molecule has 9 atom stereocenters. The van der Waals surface area contributed by atoms with Crippen molar-refractivity contribution in [3.8, 4) is 0 Å². The third-order valence-corrected chi connectivity index (χ3v) is 14.4. The van der Waals surface area contributed by atoms with Crippen LogP contribution in [0.25, 0.3) is 0 Å². The van der Waals surface area contributed by atoms with E-state index in [1.165, 1.54) is 70.6 Å². The zero-order valence-corrected chi connectivity index (χ0v) is 23.2. The first-order valence-electron chi connectivity index (χ1n) is 15.0. The Morgan fingerprint density at radius 3 is 1.81 bits per heavy atom. The first-order valence-corrected chi connectivity index (χ1v) is 15.0. The Morgan fingerprint density at radius 2 is 1.19 bits per heavy atom. The van der Waals surface area contributed by atoms with Crippen LogP contribution in [0.1, 0.15) is 139 Å². The van der Waals surface area contributed by atoms with Gasteiger partial charge in [-0.15, -0.1) is 0 Å². The molecule has 0 nitrogen and oxygen atoms in total. The fraction of sp³-hybridized carbons (Fsp3) is 1.00. The lowest BCUT2D eigenvalue weighted by atomic mass is 9.32. The summed E-state index contributed by atoms with van der Waals surface area (Å²) in [5.41, 5.74) is 2.91. The van der Waals surface area contributed by atoms with E-state index in [4.69, 9.17) is 0 Å². The van der Waals surface area contributed by atoms with E-state index in [0.29, 0.717) is 27.1 Å². The number of rotatable bonds is 3. The molecule has 0 aromatic rings. The van der Waals surface area contributed by atoms with Crippen LogP contribution in [0.4, 0.5) is 0 Å². The van der Waals surface area contributed by atoms with E-state index in [2.05, 4.69) is 55.4 Å². The highest BCUT2D eigenvalue weighted by Crippen LogP contribution is 2.78. The number of hydrogen-bond acceptors (Lipinski definition) is 0. The van der Waals surface area contributed by atoms with Gasteiger partial charge in [0.25, 0.3) is 0 Å². The highest BCUT2D eigenvalue weighted by molar-refractivity contribution is 5.19. The monoisotopic (exact) mass is 440 g/mol. The van der Waals surface area contributed by atoms with Gasteiger partial charge in [0.05, 0.1) is 0 Å². The summed E-state index contributed by atoms with van der Waals surface area (Å²) in [5, 5.41) is 0. The van der Waals surface area contributed by atoms with Crippen LogP contribution in [0.5, 0.6) is 0 Å². The largest absolute Gasteiger partial charge is 0.0651 e. The van der Waals surface area contributed by atoms with Crippen LogP contribution in [0, 0.1) is 62.6 Å². The van der Waals surface area contributed by atoms with Crippen LogP contribution in [-0.4, -0.2) is 0 Å². The second-order valence-electron chi connectivity index (χ2n) is 15.4. The second-order valence-corrected chi connectivity index (χ2v) is 15.4. The molecule has 0 bridgehead atoms. The van der Waals surface area contributed by atoms with Gasteiger partial charge in [-0.25, -0.2) is 0 Å². The minimum atomic E-state index is 0.559. The van der Waals surface area contributed by atoms with Crippen LogP contribution in [0.15, 0.2) is 0 Å². The quantitative estimate of drug-likeness (QED) is 0.409. The minimum Gasteiger partial charge on any atom is -0.0651 e. The van der Waals surface area contributed by atoms with Gasteiger partial charge in [0.1, 0.15) is 0 Å². The fourth-order valence-electron chi connectivity index (χ4n) is 12.8. The molecule has 5 rings (SSSR count). The van der Waals surface area contributed by atoms with Crippen LogP contribution < -0.4 is 0 Å². The summed E-state index contributed by atoms with van der Waals surface area (Å²) in [6, 6.07) is 0. The van der Waals surface area contributed by atoms with E-state index < -0.39 is 0 Å². The molecule has 5 aliphatic carbocycles. The van der Waals surface area contributed by atoms with E-state index in [-0.39, 0.29) is 0 Å². The normalized spacial score (nSPS) is 54.5. The van der Waals surface area contributed by atoms with Gasteiger partial charge in [-0.3, -0.25) is 0 Å². The summed E-state index contributed by atoms with van der Waals surface area (Å²) < 4.78 is 0. The molecular formula is C32H56. The smallest absolute Gasteiger partial charge is 0.0235 e. The van der Waals surface area contributed by atoms with Crippen molar-refractivity contribution in [3.05, 3.63) is 0 Å². The zero-order chi connectivity index (χ0) is 23.2. The molecule has 0 heteroatoms. The van der Waals surface area contributed by atoms with Crippen molar-refractivity contribution in [2.75, 3.05) is 0 Å². The molecule has 5 aliphatic rings. The van der Waals surface area contributed by atoms with Crippen molar-refractivity contribution in [2.45, 2.75) is 139 Å². The molecule has 0 heterocycles. The Kier molecular flexibility index (Phi) is 5.56. The number of fused-ring (bicyclic) bond motifs is 7. The summed E-state index contributed by atoms with van der Waals surface area (Å²) in [6.07, 6.45) is 19.5. The summed E-state index contributed by atoms with van der Waals surface area (Å²) in [7, 11) is 0. The van der Waals surface area contributed by atoms with Crippen molar-refractivity contribution in [1.29, 1.82) is 0 Å². The predicted molar refractivity (Wildman–Crippen MR) is 139 cm³/mol. The summed E-state index contributed by atoms with van der Waals surface area (Å²) in [5.74, 6) is 5.93. The molecule has 184 valence electrons. The van der Waals surface area contributed by atoms with Crippen LogP contribution >= 0.6 is 0 Å². The maximum absolute atomic E-state index is 2.83. The molecule has 0 spiro atoms. The van der Waals surface area contributed by atoms with Crippen molar-refractivity contribution in [3.63, 3.8) is 0 Å². The Bertz CT molecular complexity index is 716. The van der Waals surface area contributed by atoms with Gasteiger partial charge < -0.3 is 0 Å². The van der Waals surface area contributed by atoms with Gasteiger partial charge in [-0.1, -0.05) is 74.7 Å². The van der Waals surface area contributed by atoms with Crippen LogP contribution in [0.3, 0.4) is 0 Å². The Hall–Kier alpha value is 0. The average Bonchev–Trinajstić information content (AvgIpc) is 3.06. The Balaban J connectivity index is 1.49. The minimum absolute atomic E-state index is 0.559. The Labute approximate surface area is 201 Å². The first kappa shape index (κ1) is 23.7. The predicted octanol–water partition coefficient (Wildman–Crippen LogP) is 9.91. The van der Waals surface area contributed by atoms with Gasteiger partial charge in [0, 0.05) is 0 Å². The summed E-state index contributed by atoms with van der Waals surface area (Å²) in [4.78, 5) is 0. The molecule has 0 aromatic carbocycles. The van der Waals surface area contributed by atoms with Crippen molar-refractivity contribution >= 4 is 0 Å². The lowest BCUT2D eigenvalue weighted by Gasteiger charge is -2.73. The van der Waals surface area contributed by atoms with Crippen LogP contribution in [0.2, 0.25) is 0 Å². The van der Waals surface area contributed by atoms with Crippen molar-refractivity contribution < 1.29 is 0 Å².